The van der Waals surface area contributed by atoms with Crippen LogP contribution in [0.2, 0.25) is 5.02 Å². The molecule has 1 aliphatic heterocycles. The Morgan fingerprint density at radius 3 is 2.50 bits per heavy atom. The van der Waals surface area contributed by atoms with Gasteiger partial charge in [-0.05, 0) is 31.7 Å². The number of likely N-dealkylation sites (N-methyl/N-ethyl adjacent to an activating group) is 1. The number of carbonyl (C=O) groups excluding carboxylic acids is 3. The second-order valence-electron chi connectivity index (χ2n) is 6.75. The second-order valence-corrected chi connectivity index (χ2v) is 7.16. The highest BCUT2D eigenvalue weighted by Gasteiger charge is 2.49. The smallest absolute Gasteiger partial charge is 0.337 e. The molecule has 7 nitrogen and oxygen atoms in total. The van der Waals surface area contributed by atoms with E-state index >= 15 is 0 Å². The highest BCUT2D eigenvalue weighted by atomic mass is 35.5. The van der Waals surface area contributed by atoms with E-state index in [2.05, 4.69) is 15.0 Å². The highest BCUT2D eigenvalue weighted by molar-refractivity contribution is 6.34. The van der Waals surface area contributed by atoms with Gasteiger partial charge in [-0.2, -0.15) is 0 Å². The second kappa shape index (κ2) is 7.63. The van der Waals surface area contributed by atoms with E-state index in [1.54, 1.807) is 0 Å². The van der Waals surface area contributed by atoms with Crippen molar-refractivity contribution in [1.29, 1.82) is 0 Å². The van der Waals surface area contributed by atoms with Gasteiger partial charge in [-0.15, -0.1) is 0 Å². The minimum absolute atomic E-state index is 0.0488. The molecule has 26 heavy (non-hydrogen) atoms. The molecule has 140 valence electrons. The number of nitrogens with one attached hydrogen (secondary N) is 1. The Bertz CT molecular complexity index is 731. The molecule has 1 N–H and O–H groups in total. The molecule has 1 saturated heterocycles. The Hall–Kier alpha value is -2.12. The lowest BCUT2D eigenvalue weighted by atomic mass is 10.2. The largest absolute Gasteiger partial charge is 0.465 e. The van der Waals surface area contributed by atoms with Crippen molar-refractivity contribution < 1.29 is 19.1 Å². The van der Waals surface area contributed by atoms with Gasteiger partial charge in [0.15, 0.2) is 0 Å². The number of ether oxygens (including phenoxy) is 1. The molecule has 2 atom stereocenters. The van der Waals surface area contributed by atoms with Crippen molar-refractivity contribution in [2.45, 2.75) is 6.42 Å². The number of rotatable bonds is 4. The number of hydrogen-bond acceptors (Lipinski definition) is 5. The fourth-order valence-corrected chi connectivity index (χ4v) is 3.28. The number of carbonyl (C=O) groups is 3. The number of benzene rings is 1. The van der Waals surface area contributed by atoms with Gasteiger partial charge < -0.3 is 19.9 Å². The number of anilines is 1. The Balaban J connectivity index is 1.60. The standard InChI is InChI=1S/C18H22ClN3O4/c1-21-5-7-22(8-6-21)17(24)13-10-12(13)16(23)20-15-9-11(18(25)26-2)3-4-14(15)19/h3-4,9,12-13H,5-8,10H2,1-2H3,(H,20,23). The molecule has 2 unspecified atom stereocenters. The molecular formula is C18H22ClN3O4. The molecule has 1 saturated carbocycles. The van der Waals surface area contributed by atoms with Crippen LogP contribution in [0, 0.1) is 11.8 Å². The number of hydrogen-bond donors (Lipinski definition) is 1. The monoisotopic (exact) mass is 379 g/mol. The Morgan fingerprint density at radius 1 is 1.15 bits per heavy atom. The molecule has 2 fully saturated rings. The molecule has 8 heteroatoms. The Morgan fingerprint density at radius 2 is 1.85 bits per heavy atom. The van der Waals surface area contributed by atoms with E-state index in [0.29, 0.717) is 35.8 Å². The van der Waals surface area contributed by atoms with Crippen LogP contribution in [0.25, 0.3) is 0 Å². The average Bonchev–Trinajstić information content (AvgIpc) is 3.44. The topological polar surface area (TPSA) is 78.9 Å². The maximum Gasteiger partial charge on any atom is 0.337 e. The van der Waals surface area contributed by atoms with E-state index in [4.69, 9.17) is 11.6 Å². The summed E-state index contributed by atoms with van der Waals surface area (Å²) in [6.07, 6.45) is 0.547. The first-order chi connectivity index (χ1) is 12.4. The van der Waals surface area contributed by atoms with E-state index < -0.39 is 5.97 Å². The zero-order valence-electron chi connectivity index (χ0n) is 14.8. The maximum absolute atomic E-state index is 12.5. The SMILES string of the molecule is COC(=O)c1ccc(Cl)c(NC(=O)C2CC2C(=O)N2CCN(C)CC2)c1. The summed E-state index contributed by atoms with van der Waals surface area (Å²) in [5.41, 5.74) is 0.644. The average molecular weight is 380 g/mol. The van der Waals surface area contributed by atoms with Gasteiger partial charge in [-0.1, -0.05) is 11.6 Å². The van der Waals surface area contributed by atoms with Crippen LogP contribution in [-0.4, -0.2) is 67.9 Å². The third-order valence-corrected chi connectivity index (χ3v) is 5.23. The molecule has 0 aromatic heterocycles. The lowest BCUT2D eigenvalue weighted by Crippen LogP contribution is -2.48. The van der Waals surface area contributed by atoms with Crippen molar-refractivity contribution >= 4 is 35.1 Å². The first kappa shape index (κ1) is 18.7. The number of methoxy groups -OCH3 is 1. The molecule has 0 bridgehead atoms. The summed E-state index contributed by atoms with van der Waals surface area (Å²) in [5.74, 6) is -1.32. The van der Waals surface area contributed by atoms with Gasteiger partial charge in [-0.25, -0.2) is 4.79 Å². The summed E-state index contributed by atoms with van der Waals surface area (Å²) < 4.78 is 4.67. The first-order valence-electron chi connectivity index (χ1n) is 8.56. The van der Waals surface area contributed by atoms with Crippen molar-refractivity contribution in [3.63, 3.8) is 0 Å². The summed E-state index contributed by atoms with van der Waals surface area (Å²) in [5, 5.41) is 3.06. The Labute approximate surface area is 157 Å². The van der Waals surface area contributed by atoms with E-state index in [9.17, 15) is 14.4 Å². The molecule has 3 rings (SSSR count). The summed E-state index contributed by atoms with van der Waals surface area (Å²) in [4.78, 5) is 40.6. The van der Waals surface area contributed by atoms with Gasteiger partial charge in [0.2, 0.25) is 11.8 Å². The molecule has 1 heterocycles. The van der Waals surface area contributed by atoms with Crippen molar-refractivity contribution in [2.75, 3.05) is 45.7 Å². The summed E-state index contributed by atoms with van der Waals surface area (Å²) in [6.45, 7) is 3.11. The number of amides is 2. The normalized spacial score (nSPS) is 22.7. The third kappa shape index (κ3) is 3.99. The number of piperazine rings is 1. The van der Waals surface area contributed by atoms with Crippen LogP contribution < -0.4 is 5.32 Å². The van der Waals surface area contributed by atoms with E-state index in [0.717, 1.165) is 13.1 Å². The van der Waals surface area contributed by atoms with Crippen LogP contribution in [0.1, 0.15) is 16.8 Å². The molecule has 1 aromatic rings. The summed E-state index contributed by atoms with van der Waals surface area (Å²) >= 11 is 6.10. The number of nitrogens with zero attached hydrogens (tertiary/aromatic N) is 2. The highest BCUT2D eigenvalue weighted by Crippen LogP contribution is 2.41. The van der Waals surface area contributed by atoms with Gasteiger partial charge in [-0.3, -0.25) is 9.59 Å². The number of halogens is 1. The van der Waals surface area contributed by atoms with Crippen LogP contribution >= 0.6 is 11.6 Å². The predicted octanol–water partition coefficient (Wildman–Crippen LogP) is 1.48. The zero-order valence-corrected chi connectivity index (χ0v) is 15.6. The predicted molar refractivity (Wildman–Crippen MR) is 97.1 cm³/mol. The van der Waals surface area contributed by atoms with E-state index in [-0.39, 0.29) is 23.7 Å². The fourth-order valence-electron chi connectivity index (χ4n) is 3.11. The minimum atomic E-state index is -0.508. The lowest BCUT2D eigenvalue weighted by Gasteiger charge is -2.32. The molecule has 0 spiro atoms. The molecule has 2 amide bonds. The zero-order chi connectivity index (χ0) is 18.8. The van der Waals surface area contributed by atoms with Gasteiger partial charge in [0.25, 0.3) is 0 Å². The quantitative estimate of drug-likeness (QED) is 0.801. The minimum Gasteiger partial charge on any atom is -0.465 e. The number of esters is 1. The van der Waals surface area contributed by atoms with Crippen molar-refractivity contribution in [2.24, 2.45) is 11.8 Å². The lowest BCUT2D eigenvalue weighted by molar-refractivity contribution is -0.135. The van der Waals surface area contributed by atoms with Crippen LogP contribution in [0.4, 0.5) is 5.69 Å². The maximum atomic E-state index is 12.5. The molecule has 1 aliphatic carbocycles. The third-order valence-electron chi connectivity index (χ3n) is 4.90. The van der Waals surface area contributed by atoms with Gasteiger partial charge in [0.05, 0.1) is 35.2 Å². The van der Waals surface area contributed by atoms with Crippen LogP contribution in [-0.2, 0) is 14.3 Å². The van der Waals surface area contributed by atoms with Crippen LogP contribution in [0.3, 0.4) is 0 Å². The fraction of sp³-hybridized carbons (Fsp3) is 0.500. The summed E-state index contributed by atoms with van der Waals surface area (Å²) in [7, 11) is 3.31. The van der Waals surface area contributed by atoms with Crippen molar-refractivity contribution in [1.82, 2.24) is 9.80 Å². The van der Waals surface area contributed by atoms with E-state index in [1.807, 2.05) is 11.9 Å². The van der Waals surface area contributed by atoms with Gasteiger partial charge >= 0.3 is 5.97 Å². The Kier molecular flexibility index (Phi) is 5.48. The van der Waals surface area contributed by atoms with Crippen LogP contribution in [0.15, 0.2) is 18.2 Å². The van der Waals surface area contributed by atoms with Crippen LogP contribution in [0.5, 0.6) is 0 Å². The molecule has 0 radical (unpaired) electrons. The van der Waals surface area contributed by atoms with Gasteiger partial charge in [0.1, 0.15) is 0 Å². The molecular weight excluding hydrogens is 358 g/mol. The van der Waals surface area contributed by atoms with Gasteiger partial charge in [0, 0.05) is 26.2 Å². The van der Waals surface area contributed by atoms with E-state index in [1.165, 1.54) is 25.3 Å². The van der Waals surface area contributed by atoms with Crippen molar-refractivity contribution in [3.05, 3.63) is 28.8 Å². The van der Waals surface area contributed by atoms with Crippen molar-refractivity contribution in [3.8, 4) is 0 Å². The summed E-state index contributed by atoms with van der Waals surface area (Å²) in [6, 6.07) is 4.54. The first-order valence-corrected chi connectivity index (χ1v) is 8.94. The molecule has 2 aliphatic rings. The molecule has 1 aromatic carbocycles.